The van der Waals surface area contributed by atoms with Crippen molar-refractivity contribution < 1.29 is 17.7 Å². The fraction of sp³-hybridized carbons (Fsp3) is 0.500. The monoisotopic (exact) mass is 353 g/mol. The average molecular weight is 354 g/mol. The van der Waals surface area contributed by atoms with Crippen molar-refractivity contribution in [3.63, 3.8) is 0 Å². The summed E-state index contributed by atoms with van der Waals surface area (Å²) < 4.78 is 39.9. The van der Waals surface area contributed by atoms with Gasteiger partial charge in [0.15, 0.2) is 4.90 Å². The molecule has 124 valence electrons. The largest absolute Gasteiger partial charge is 0.324 e. The van der Waals surface area contributed by atoms with Crippen LogP contribution in [-0.2, 0) is 10.0 Å². The van der Waals surface area contributed by atoms with Crippen LogP contribution >= 0.6 is 12.4 Å². The van der Waals surface area contributed by atoms with Gasteiger partial charge in [-0.3, -0.25) is 10.1 Å². The van der Waals surface area contributed by atoms with Crippen molar-refractivity contribution in [3.05, 3.63) is 34.1 Å². The van der Waals surface area contributed by atoms with E-state index < -0.39 is 31.3 Å². The highest BCUT2D eigenvalue weighted by molar-refractivity contribution is 7.89. The fourth-order valence-corrected chi connectivity index (χ4v) is 3.55. The van der Waals surface area contributed by atoms with Gasteiger partial charge in [0.25, 0.3) is 0 Å². The Bertz CT molecular complexity index is 635. The normalized spacial score (nSPS) is 18.0. The third kappa shape index (κ3) is 4.35. The topological polar surface area (TPSA) is 101 Å². The SMILES string of the molecule is Cl.O=[N+]([O-])c1c(F)cccc1S(=O)(=O)NCCC1CCNC1. The summed E-state index contributed by atoms with van der Waals surface area (Å²) in [6, 6.07) is 3.03. The highest BCUT2D eigenvalue weighted by Gasteiger charge is 2.29. The maximum atomic E-state index is 13.5. The minimum absolute atomic E-state index is 0. The molecule has 1 unspecified atom stereocenters. The second kappa shape index (κ2) is 7.82. The highest BCUT2D eigenvalue weighted by atomic mass is 35.5. The van der Waals surface area contributed by atoms with Gasteiger partial charge in [-0.1, -0.05) is 6.07 Å². The first-order valence-corrected chi connectivity index (χ1v) is 8.03. The summed E-state index contributed by atoms with van der Waals surface area (Å²) in [5, 5.41) is 14.0. The number of benzene rings is 1. The van der Waals surface area contributed by atoms with Crippen LogP contribution in [0.25, 0.3) is 0 Å². The average Bonchev–Trinajstić information content (AvgIpc) is 2.91. The molecular weight excluding hydrogens is 337 g/mol. The van der Waals surface area contributed by atoms with Crippen LogP contribution in [0.4, 0.5) is 10.1 Å². The number of para-hydroxylation sites is 1. The number of rotatable bonds is 6. The first-order valence-electron chi connectivity index (χ1n) is 6.55. The van der Waals surface area contributed by atoms with E-state index in [-0.39, 0.29) is 19.0 Å². The van der Waals surface area contributed by atoms with Gasteiger partial charge in [0.05, 0.1) is 4.92 Å². The van der Waals surface area contributed by atoms with E-state index in [0.717, 1.165) is 37.7 Å². The Labute approximate surface area is 133 Å². The molecule has 0 saturated carbocycles. The molecule has 10 heteroatoms. The van der Waals surface area contributed by atoms with Crippen molar-refractivity contribution in [2.75, 3.05) is 19.6 Å². The van der Waals surface area contributed by atoms with Crippen molar-refractivity contribution in [1.29, 1.82) is 0 Å². The number of hydrogen-bond donors (Lipinski definition) is 2. The molecular formula is C12H17ClFN3O4S. The molecule has 2 rings (SSSR count). The van der Waals surface area contributed by atoms with Gasteiger partial charge in [0.1, 0.15) is 0 Å². The Morgan fingerprint density at radius 1 is 1.45 bits per heavy atom. The molecule has 7 nitrogen and oxygen atoms in total. The molecule has 22 heavy (non-hydrogen) atoms. The Kier molecular flexibility index (Phi) is 6.66. The minimum atomic E-state index is -4.10. The lowest BCUT2D eigenvalue weighted by atomic mass is 10.1. The Morgan fingerprint density at radius 2 is 2.18 bits per heavy atom. The summed E-state index contributed by atoms with van der Waals surface area (Å²) in [5.74, 6) is -0.780. The van der Waals surface area contributed by atoms with Crippen LogP contribution in [0.5, 0.6) is 0 Å². The second-order valence-electron chi connectivity index (χ2n) is 4.89. The van der Waals surface area contributed by atoms with E-state index >= 15 is 0 Å². The van der Waals surface area contributed by atoms with Crippen molar-refractivity contribution in [3.8, 4) is 0 Å². The van der Waals surface area contributed by atoms with Gasteiger partial charge in [-0.2, -0.15) is 4.39 Å². The maximum Gasteiger partial charge on any atom is 0.324 e. The third-order valence-electron chi connectivity index (χ3n) is 3.43. The third-order valence-corrected chi connectivity index (χ3v) is 4.92. The van der Waals surface area contributed by atoms with Gasteiger partial charge < -0.3 is 5.32 Å². The van der Waals surface area contributed by atoms with E-state index in [1.54, 1.807) is 0 Å². The predicted molar refractivity (Wildman–Crippen MR) is 81.1 cm³/mol. The van der Waals surface area contributed by atoms with E-state index in [2.05, 4.69) is 10.0 Å². The lowest BCUT2D eigenvalue weighted by Crippen LogP contribution is -2.27. The summed E-state index contributed by atoms with van der Waals surface area (Å²) in [6.45, 7) is 1.91. The van der Waals surface area contributed by atoms with Crippen LogP contribution in [0.15, 0.2) is 23.1 Å². The van der Waals surface area contributed by atoms with Crippen LogP contribution < -0.4 is 10.0 Å². The van der Waals surface area contributed by atoms with E-state index in [0.29, 0.717) is 12.3 Å². The molecule has 1 heterocycles. The first-order chi connectivity index (χ1) is 9.92. The van der Waals surface area contributed by atoms with Gasteiger partial charge in [-0.05, 0) is 44.0 Å². The lowest BCUT2D eigenvalue weighted by molar-refractivity contribution is -0.390. The predicted octanol–water partition coefficient (Wildman–Crippen LogP) is 1.43. The molecule has 1 fully saturated rings. The zero-order chi connectivity index (χ0) is 15.5. The number of sulfonamides is 1. The van der Waals surface area contributed by atoms with E-state index in [9.17, 15) is 22.9 Å². The molecule has 0 aromatic heterocycles. The van der Waals surface area contributed by atoms with Gasteiger partial charge >= 0.3 is 5.69 Å². The van der Waals surface area contributed by atoms with Gasteiger partial charge in [0, 0.05) is 6.54 Å². The Hall–Kier alpha value is -1.29. The molecule has 0 amide bonds. The number of nitrogens with one attached hydrogen (secondary N) is 2. The molecule has 1 saturated heterocycles. The molecule has 0 radical (unpaired) electrons. The standard InChI is InChI=1S/C12H16FN3O4S.ClH/c13-10-2-1-3-11(12(10)16(17)18)21(19,20)15-7-5-9-4-6-14-8-9;/h1-3,9,14-15H,4-8H2;1H. The van der Waals surface area contributed by atoms with Gasteiger partial charge in [-0.25, -0.2) is 13.1 Å². The Balaban J connectivity index is 0.00000242. The molecule has 1 aromatic carbocycles. The number of hydrogen-bond acceptors (Lipinski definition) is 5. The number of nitro benzene ring substituents is 1. The molecule has 0 bridgehead atoms. The summed E-state index contributed by atoms with van der Waals surface area (Å²) in [7, 11) is -4.10. The summed E-state index contributed by atoms with van der Waals surface area (Å²) >= 11 is 0. The first kappa shape index (κ1) is 18.8. The van der Waals surface area contributed by atoms with Gasteiger partial charge in [-0.15, -0.1) is 12.4 Å². The number of nitro groups is 1. The molecule has 1 atom stereocenters. The smallest absolute Gasteiger partial charge is 0.316 e. The maximum absolute atomic E-state index is 13.5. The van der Waals surface area contributed by atoms with Crippen LogP contribution in [-0.4, -0.2) is 33.0 Å². The molecule has 1 aliphatic rings. The zero-order valence-corrected chi connectivity index (χ0v) is 13.3. The van der Waals surface area contributed by atoms with Gasteiger partial charge in [0.2, 0.25) is 15.8 Å². The number of nitrogens with zero attached hydrogens (tertiary/aromatic N) is 1. The quantitative estimate of drug-likeness (QED) is 0.595. The molecule has 1 aromatic rings. The molecule has 0 spiro atoms. The van der Waals surface area contributed by atoms with E-state index in [4.69, 9.17) is 0 Å². The van der Waals surface area contributed by atoms with E-state index in [1.807, 2.05) is 0 Å². The lowest BCUT2D eigenvalue weighted by Gasteiger charge is -2.10. The molecule has 1 aliphatic heterocycles. The summed E-state index contributed by atoms with van der Waals surface area (Å²) in [5.41, 5.74) is -1.02. The Morgan fingerprint density at radius 3 is 2.77 bits per heavy atom. The molecule has 2 N–H and O–H groups in total. The van der Waals surface area contributed by atoms with Crippen molar-refractivity contribution in [2.24, 2.45) is 5.92 Å². The second-order valence-corrected chi connectivity index (χ2v) is 6.62. The van der Waals surface area contributed by atoms with E-state index in [1.165, 1.54) is 0 Å². The summed E-state index contributed by atoms with van der Waals surface area (Å²) in [6.07, 6.45) is 1.61. The van der Waals surface area contributed by atoms with Crippen molar-refractivity contribution >= 4 is 28.1 Å². The molecule has 0 aliphatic carbocycles. The fourth-order valence-electron chi connectivity index (χ4n) is 2.33. The van der Waals surface area contributed by atoms with Crippen molar-refractivity contribution in [1.82, 2.24) is 10.0 Å². The highest BCUT2D eigenvalue weighted by Crippen LogP contribution is 2.26. The van der Waals surface area contributed by atoms with Crippen LogP contribution in [0.2, 0.25) is 0 Å². The van der Waals surface area contributed by atoms with Crippen LogP contribution in [0, 0.1) is 21.8 Å². The van der Waals surface area contributed by atoms with Crippen LogP contribution in [0.1, 0.15) is 12.8 Å². The summed E-state index contributed by atoms with van der Waals surface area (Å²) in [4.78, 5) is 9.17. The van der Waals surface area contributed by atoms with Crippen LogP contribution in [0.3, 0.4) is 0 Å². The number of halogens is 2. The van der Waals surface area contributed by atoms with Crippen molar-refractivity contribution in [2.45, 2.75) is 17.7 Å². The zero-order valence-electron chi connectivity index (χ0n) is 11.6. The minimum Gasteiger partial charge on any atom is -0.316 e.